The van der Waals surface area contributed by atoms with Gasteiger partial charge < -0.3 is 5.32 Å². The molecule has 0 radical (unpaired) electrons. The van der Waals surface area contributed by atoms with E-state index in [1.54, 1.807) is 0 Å². The molecule has 1 rings (SSSR count). The summed E-state index contributed by atoms with van der Waals surface area (Å²) >= 11 is 0. The quantitative estimate of drug-likeness (QED) is 0.663. The molecule has 19 heavy (non-hydrogen) atoms. The average Bonchev–Trinajstić information content (AvgIpc) is 2.26. The van der Waals surface area contributed by atoms with Crippen LogP contribution in [0.15, 0.2) is 23.1 Å². The zero-order valence-electron chi connectivity index (χ0n) is 11.4. The number of anilines is 1. The van der Waals surface area contributed by atoms with Crippen molar-refractivity contribution in [1.29, 1.82) is 0 Å². The zero-order chi connectivity index (χ0) is 14.8. The highest BCUT2D eigenvalue weighted by molar-refractivity contribution is 7.90. The van der Waals surface area contributed by atoms with E-state index in [-0.39, 0.29) is 16.1 Å². The molecular weight excluding hydrogens is 268 g/mol. The van der Waals surface area contributed by atoms with Gasteiger partial charge >= 0.3 is 5.69 Å². The van der Waals surface area contributed by atoms with Crippen LogP contribution in [-0.2, 0) is 9.84 Å². The Balaban J connectivity index is 3.46. The van der Waals surface area contributed by atoms with Gasteiger partial charge in [0.1, 0.15) is 10.6 Å². The van der Waals surface area contributed by atoms with Gasteiger partial charge in [-0.2, -0.15) is 0 Å². The Bertz CT molecular complexity index is 594. The fraction of sp³-hybridized carbons (Fsp3) is 0.500. The lowest BCUT2D eigenvalue weighted by Gasteiger charge is -2.25. The lowest BCUT2D eigenvalue weighted by Crippen LogP contribution is -2.30. The van der Waals surface area contributed by atoms with Gasteiger partial charge in [0, 0.05) is 11.8 Å². The smallest absolute Gasteiger partial charge is 0.310 e. The van der Waals surface area contributed by atoms with Gasteiger partial charge in [-0.15, -0.1) is 0 Å². The van der Waals surface area contributed by atoms with Crippen molar-refractivity contribution < 1.29 is 13.3 Å². The van der Waals surface area contributed by atoms with Gasteiger partial charge in [-0.05, 0) is 32.4 Å². The molecule has 0 unspecified atom stereocenters. The molecule has 0 amide bonds. The molecule has 6 nitrogen and oxygen atoms in total. The maximum Gasteiger partial charge on any atom is 0.310 e. The lowest BCUT2D eigenvalue weighted by molar-refractivity contribution is -0.386. The van der Waals surface area contributed by atoms with Gasteiger partial charge in [0.05, 0.1) is 4.92 Å². The number of para-hydroxylation sites is 1. The number of nitro groups is 1. The van der Waals surface area contributed by atoms with Crippen molar-refractivity contribution in [2.75, 3.05) is 11.6 Å². The summed E-state index contributed by atoms with van der Waals surface area (Å²) in [6, 6.07) is 4.26. The first kappa shape index (κ1) is 15.4. The van der Waals surface area contributed by atoms with Crippen LogP contribution in [-0.4, -0.2) is 25.1 Å². The lowest BCUT2D eigenvalue weighted by atomic mass is 10.0. The van der Waals surface area contributed by atoms with Crippen LogP contribution in [0.5, 0.6) is 0 Å². The van der Waals surface area contributed by atoms with Crippen molar-refractivity contribution in [3.8, 4) is 0 Å². The Kier molecular flexibility index (Phi) is 4.19. The van der Waals surface area contributed by atoms with E-state index in [2.05, 4.69) is 5.32 Å². The monoisotopic (exact) mass is 286 g/mol. The van der Waals surface area contributed by atoms with Gasteiger partial charge in [0.15, 0.2) is 9.84 Å². The summed E-state index contributed by atoms with van der Waals surface area (Å²) in [6.07, 6.45) is 1.71. The first-order valence-corrected chi connectivity index (χ1v) is 7.73. The molecule has 7 heteroatoms. The number of benzene rings is 1. The summed E-state index contributed by atoms with van der Waals surface area (Å²) in [4.78, 5) is 10.2. The molecule has 0 bridgehead atoms. The average molecular weight is 286 g/mol. The molecular formula is C12H18N2O4S. The first-order valence-electron chi connectivity index (χ1n) is 5.84. The van der Waals surface area contributed by atoms with Crippen LogP contribution >= 0.6 is 0 Å². The number of hydrogen-bond acceptors (Lipinski definition) is 5. The molecule has 0 aliphatic carbocycles. The van der Waals surface area contributed by atoms with Crippen LogP contribution < -0.4 is 5.32 Å². The summed E-state index contributed by atoms with van der Waals surface area (Å²) in [5.74, 6) is 0. The van der Waals surface area contributed by atoms with Gasteiger partial charge in [-0.25, -0.2) is 8.42 Å². The number of nitrogens with one attached hydrogen (secondary N) is 1. The molecule has 0 saturated carbocycles. The van der Waals surface area contributed by atoms with E-state index in [4.69, 9.17) is 0 Å². The maximum absolute atomic E-state index is 11.6. The Morgan fingerprint density at radius 2 is 1.95 bits per heavy atom. The summed E-state index contributed by atoms with van der Waals surface area (Å²) in [7, 11) is -3.64. The van der Waals surface area contributed by atoms with E-state index in [0.29, 0.717) is 0 Å². The minimum Gasteiger partial charge on any atom is -0.375 e. The van der Waals surface area contributed by atoms with Crippen LogP contribution in [0.25, 0.3) is 0 Å². The predicted octanol–water partition coefficient (Wildman–Crippen LogP) is 2.60. The van der Waals surface area contributed by atoms with Crippen molar-refractivity contribution in [2.45, 2.75) is 37.6 Å². The van der Waals surface area contributed by atoms with Crippen LogP contribution in [0.4, 0.5) is 11.4 Å². The number of nitrogens with zero attached hydrogens (tertiary/aromatic N) is 1. The van der Waals surface area contributed by atoms with Crippen molar-refractivity contribution in [3.05, 3.63) is 28.3 Å². The molecule has 0 spiro atoms. The number of hydrogen-bond donors (Lipinski definition) is 1. The third kappa shape index (κ3) is 3.66. The SMILES string of the molecule is CCC(C)(C)Nc1cccc(S(C)(=O)=O)c1[N+](=O)[O-]. The highest BCUT2D eigenvalue weighted by atomic mass is 32.2. The Labute approximate surface area is 112 Å². The molecule has 0 aliphatic rings. The molecule has 0 atom stereocenters. The number of rotatable bonds is 5. The Morgan fingerprint density at radius 3 is 2.37 bits per heavy atom. The van der Waals surface area contributed by atoms with Gasteiger partial charge in [0.2, 0.25) is 0 Å². The summed E-state index contributed by atoms with van der Waals surface area (Å²) in [5.41, 5.74) is -0.535. The summed E-state index contributed by atoms with van der Waals surface area (Å²) in [6.45, 7) is 5.73. The molecule has 0 saturated heterocycles. The van der Waals surface area contributed by atoms with Crippen LogP contribution in [0.2, 0.25) is 0 Å². The molecule has 0 aliphatic heterocycles. The van der Waals surface area contributed by atoms with E-state index in [0.717, 1.165) is 12.7 Å². The molecule has 0 fully saturated rings. The van der Waals surface area contributed by atoms with Crippen LogP contribution in [0.1, 0.15) is 27.2 Å². The van der Waals surface area contributed by atoms with Crippen molar-refractivity contribution >= 4 is 21.2 Å². The predicted molar refractivity (Wildman–Crippen MR) is 74.2 cm³/mol. The second kappa shape index (κ2) is 5.16. The largest absolute Gasteiger partial charge is 0.375 e. The number of sulfone groups is 1. The number of nitro benzene ring substituents is 1. The normalized spacial score (nSPS) is 12.2. The van der Waals surface area contributed by atoms with Crippen molar-refractivity contribution in [2.24, 2.45) is 0 Å². The van der Waals surface area contributed by atoms with E-state index in [1.165, 1.54) is 18.2 Å². The molecule has 1 aromatic rings. The van der Waals surface area contributed by atoms with Gasteiger partial charge in [0.25, 0.3) is 0 Å². The van der Waals surface area contributed by atoms with Crippen LogP contribution in [0.3, 0.4) is 0 Å². The fourth-order valence-corrected chi connectivity index (χ4v) is 2.43. The first-order chi connectivity index (χ1) is 8.58. The third-order valence-corrected chi connectivity index (χ3v) is 4.07. The molecule has 106 valence electrons. The van der Waals surface area contributed by atoms with E-state index >= 15 is 0 Å². The molecule has 0 heterocycles. The van der Waals surface area contributed by atoms with Gasteiger partial charge in [-0.1, -0.05) is 13.0 Å². The summed E-state index contributed by atoms with van der Waals surface area (Å²) < 4.78 is 23.2. The fourth-order valence-electron chi connectivity index (χ4n) is 1.56. The topological polar surface area (TPSA) is 89.3 Å². The standard InChI is InChI=1S/C12H18N2O4S/c1-5-12(2,3)13-9-7-6-8-10(19(4,17)18)11(9)14(15)16/h6-8,13H,5H2,1-4H3. The minimum atomic E-state index is -3.64. The van der Waals surface area contributed by atoms with E-state index < -0.39 is 20.4 Å². The third-order valence-electron chi connectivity index (χ3n) is 2.94. The van der Waals surface area contributed by atoms with Crippen molar-refractivity contribution in [1.82, 2.24) is 0 Å². The molecule has 0 aromatic heterocycles. The molecule has 1 aromatic carbocycles. The van der Waals surface area contributed by atoms with Crippen LogP contribution in [0, 0.1) is 10.1 Å². The van der Waals surface area contributed by atoms with Crippen molar-refractivity contribution in [3.63, 3.8) is 0 Å². The second-order valence-corrected chi connectivity index (χ2v) is 7.03. The van der Waals surface area contributed by atoms with E-state index in [1.807, 2.05) is 20.8 Å². The second-order valence-electron chi connectivity index (χ2n) is 5.04. The highest BCUT2D eigenvalue weighted by Gasteiger charge is 2.28. The minimum absolute atomic E-state index is 0.222. The Hall–Kier alpha value is -1.63. The summed E-state index contributed by atoms with van der Waals surface area (Å²) in [5, 5.41) is 14.2. The maximum atomic E-state index is 11.6. The molecule has 1 N–H and O–H groups in total. The highest BCUT2D eigenvalue weighted by Crippen LogP contribution is 2.34. The van der Waals surface area contributed by atoms with Gasteiger partial charge in [-0.3, -0.25) is 10.1 Å². The Morgan fingerprint density at radius 1 is 1.37 bits per heavy atom. The zero-order valence-corrected chi connectivity index (χ0v) is 12.2. The van der Waals surface area contributed by atoms with E-state index in [9.17, 15) is 18.5 Å².